The number of benzene rings is 1. The molecule has 0 unspecified atom stereocenters. The number of hydrogen-bond donors (Lipinski definition) is 2. The van der Waals surface area contributed by atoms with Crippen LogP contribution in [0.1, 0.15) is 28.8 Å². The van der Waals surface area contributed by atoms with Crippen molar-refractivity contribution in [3.05, 3.63) is 35.4 Å². The summed E-state index contributed by atoms with van der Waals surface area (Å²) in [5.41, 5.74) is 6.48. The fourth-order valence-corrected chi connectivity index (χ4v) is 1.25. The van der Waals surface area contributed by atoms with Gasteiger partial charge >= 0.3 is 0 Å². The van der Waals surface area contributed by atoms with Gasteiger partial charge in [-0.3, -0.25) is 4.79 Å². The van der Waals surface area contributed by atoms with E-state index in [0.29, 0.717) is 5.56 Å². The van der Waals surface area contributed by atoms with Gasteiger partial charge in [-0.15, -0.1) is 0 Å². The number of carbonyl (C=O) groups is 1. The van der Waals surface area contributed by atoms with Crippen molar-refractivity contribution >= 4 is 5.91 Å². The molecule has 1 atom stereocenters. The fraction of sp³-hybridized carbons (Fsp3) is 0.300. The van der Waals surface area contributed by atoms with Crippen LogP contribution in [0.2, 0.25) is 0 Å². The van der Waals surface area contributed by atoms with Crippen LogP contribution in [0.25, 0.3) is 0 Å². The molecule has 0 aliphatic rings. The van der Waals surface area contributed by atoms with E-state index in [1.165, 1.54) is 0 Å². The lowest BCUT2D eigenvalue weighted by molar-refractivity contribution is 0.0998. The molecule has 0 fully saturated rings. The minimum Gasteiger partial charge on any atom is -0.396 e. The number of amides is 1. The van der Waals surface area contributed by atoms with Crippen molar-refractivity contribution < 1.29 is 9.90 Å². The molecule has 1 aromatic carbocycles. The van der Waals surface area contributed by atoms with Crippen molar-refractivity contribution in [2.75, 3.05) is 6.61 Å². The highest BCUT2D eigenvalue weighted by atomic mass is 16.3. The molecule has 0 saturated heterocycles. The lowest BCUT2D eigenvalue weighted by Crippen LogP contribution is -2.15. The van der Waals surface area contributed by atoms with Crippen molar-refractivity contribution in [1.29, 1.82) is 0 Å². The summed E-state index contributed by atoms with van der Waals surface area (Å²) < 4.78 is 0. The third kappa shape index (κ3) is 2.06. The Kier molecular flexibility index (Phi) is 3.03. The van der Waals surface area contributed by atoms with Gasteiger partial charge in [-0.25, -0.2) is 0 Å². The molecular weight excluding hydrogens is 166 g/mol. The van der Waals surface area contributed by atoms with E-state index < -0.39 is 5.91 Å². The van der Waals surface area contributed by atoms with Gasteiger partial charge in [0, 0.05) is 18.1 Å². The Hall–Kier alpha value is -1.35. The molecule has 1 rings (SSSR count). The summed E-state index contributed by atoms with van der Waals surface area (Å²) in [5.74, 6) is -0.500. The number of aliphatic hydroxyl groups is 1. The largest absolute Gasteiger partial charge is 0.396 e. The molecule has 13 heavy (non-hydrogen) atoms. The Bertz CT molecular complexity index is 310. The second kappa shape index (κ2) is 4.05. The van der Waals surface area contributed by atoms with Crippen molar-refractivity contribution in [2.45, 2.75) is 12.8 Å². The molecule has 0 saturated carbocycles. The molecular formula is C10H13NO2. The second-order valence-corrected chi connectivity index (χ2v) is 3.04. The molecule has 3 heteroatoms. The van der Waals surface area contributed by atoms with Crippen LogP contribution in [0.15, 0.2) is 24.3 Å². The third-order valence-electron chi connectivity index (χ3n) is 2.03. The van der Waals surface area contributed by atoms with Crippen molar-refractivity contribution in [3.8, 4) is 0 Å². The number of primary amides is 1. The molecule has 3 nitrogen and oxygen atoms in total. The number of carbonyl (C=O) groups excluding carboxylic acids is 1. The minimum atomic E-state index is -0.448. The lowest BCUT2D eigenvalue weighted by Gasteiger charge is -2.11. The zero-order valence-electron chi connectivity index (χ0n) is 7.53. The van der Waals surface area contributed by atoms with Crippen LogP contribution in [0, 0.1) is 0 Å². The molecule has 70 valence electrons. The number of rotatable bonds is 3. The molecule has 0 bridgehead atoms. The Balaban J connectivity index is 3.11. The highest BCUT2D eigenvalue weighted by Crippen LogP contribution is 2.18. The van der Waals surface area contributed by atoms with Crippen LogP contribution in [-0.2, 0) is 0 Å². The van der Waals surface area contributed by atoms with Crippen LogP contribution in [0.3, 0.4) is 0 Å². The Morgan fingerprint density at radius 2 is 2.15 bits per heavy atom. The van der Waals surface area contributed by atoms with E-state index in [9.17, 15) is 4.79 Å². The van der Waals surface area contributed by atoms with Crippen molar-refractivity contribution in [2.24, 2.45) is 5.73 Å². The van der Waals surface area contributed by atoms with Gasteiger partial charge in [0.1, 0.15) is 0 Å². The van der Waals surface area contributed by atoms with E-state index in [2.05, 4.69) is 0 Å². The first kappa shape index (κ1) is 9.74. The monoisotopic (exact) mass is 179 g/mol. The molecule has 0 radical (unpaired) electrons. The van der Waals surface area contributed by atoms with Gasteiger partial charge in [0.2, 0.25) is 5.91 Å². The third-order valence-corrected chi connectivity index (χ3v) is 2.03. The number of nitrogens with two attached hydrogens (primary N) is 1. The van der Waals surface area contributed by atoms with Crippen LogP contribution in [0.4, 0.5) is 0 Å². The van der Waals surface area contributed by atoms with E-state index in [4.69, 9.17) is 10.8 Å². The van der Waals surface area contributed by atoms with Crippen molar-refractivity contribution in [3.63, 3.8) is 0 Å². The van der Waals surface area contributed by atoms with E-state index >= 15 is 0 Å². The SMILES string of the molecule is C[C@@H](CO)c1ccccc1C(N)=O. The predicted octanol–water partition coefficient (Wildman–Crippen LogP) is 0.881. The highest BCUT2D eigenvalue weighted by Gasteiger charge is 2.11. The van der Waals surface area contributed by atoms with E-state index in [-0.39, 0.29) is 12.5 Å². The van der Waals surface area contributed by atoms with Crippen LogP contribution in [0.5, 0.6) is 0 Å². The molecule has 0 aromatic heterocycles. The molecule has 1 amide bonds. The second-order valence-electron chi connectivity index (χ2n) is 3.04. The first-order valence-electron chi connectivity index (χ1n) is 4.16. The summed E-state index contributed by atoms with van der Waals surface area (Å²) in [6.07, 6.45) is 0. The minimum absolute atomic E-state index is 0.0181. The maximum absolute atomic E-state index is 11.0. The number of hydrogen-bond acceptors (Lipinski definition) is 2. The summed E-state index contributed by atoms with van der Waals surface area (Å²) in [6.45, 7) is 1.87. The summed E-state index contributed by atoms with van der Waals surface area (Å²) in [4.78, 5) is 11.0. The molecule has 0 aliphatic carbocycles. The highest BCUT2D eigenvalue weighted by molar-refractivity contribution is 5.94. The summed E-state index contributed by atoms with van der Waals surface area (Å²) >= 11 is 0. The van der Waals surface area contributed by atoms with Crippen LogP contribution in [-0.4, -0.2) is 17.6 Å². The predicted molar refractivity (Wildman–Crippen MR) is 50.5 cm³/mol. The molecule has 0 spiro atoms. The zero-order valence-corrected chi connectivity index (χ0v) is 7.53. The summed E-state index contributed by atoms with van der Waals surface area (Å²) in [7, 11) is 0. The quantitative estimate of drug-likeness (QED) is 0.723. The molecule has 0 aliphatic heterocycles. The maximum atomic E-state index is 11.0. The lowest BCUT2D eigenvalue weighted by atomic mass is 9.96. The summed E-state index contributed by atoms with van der Waals surface area (Å²) in [5, 5.41) is 8.94. The number of aliphatic hydroxyl groups excluding tert-OH is 1. The van der Waals surface area contributed by atoms with E-state index in [0.717, 1.165) is 5.56 Å². The molecule has 3 N–H and O–H groups in total. The van der Waals surface area contributed by atoms with Gasteiger partial charge < -0.3 is 10.8 Å². The van der Waals surface area contributed by atoms with Gasteiger partial charge in [0.15, 0.2) is 0 Å². The van der Waals surface area contributed by atoms with E-state index in [1.807, 2.05) is 13.0 Å². The fourth-order valence-electron chi connectivity index (χ4n) is 1.25. The Morgan fingerprint density at radius 3 is 2.69 bits per heavy atom. The van der Waals surface area contributed by atoms with Gasteiger partial charge in [-0.05, 0) is 11.6 Å². The maximum Gasteiger partial charge on any atom is 0.248 e. The normalized spacial score (nSPS) is 12.5. The Labute approximate surface area is 77.2 Å². The average molecular weight is 179 g/mol. The van der Waals surface area contributed by atoms with Gasteiger partial charge in [0.05, 0.1) is 0 Å². The Morgan fingerprint density at radius 1 is 1.54 bits per heavy atom. The van der Waals surface area contributed by atoms with E-state index in [1.54, 1.807) is 18.2 Å². The van der Waals surface area contributed by atoms with Crippen LogP contribution < -0.4 is 5.73 Å². The zero-order chi connectivity index (χ0) is 9.84. The van der Waals surface area contributed by atoms with Crippen molar-refractivity contribution in [1.82, 2.24) is 0 Å². The van der Waals surface area contributed by atoms with Gasteiger partial charge in [-0.1, -0.05) is 25.1 Å². The standard InChI is InChI=1S/C10H13NO2/c1-7(6-12)8-4-2-3-5-9(8)10(11)13/h2-5,7,12H,6H2,1H3,(H2,11,13)/t7-/m0/s1. The average Bonchev–Trinajstić information content (AvgIpc) is 2.16. The van der Waals surface area contributed by atoms with Gasteiger partial charge in [-0.2, -0.15) is 0 Å². The molecule has 1 aromatic rings. The first-order valence-corrected chi connectivity index (χ1v) is 4.16. The first-order chi connectivity index (χ1) is 6.16. The summed E-state index contributed by atoms with van der Waals surface area (Å²) in [6, 6.07) is 7.06. The van der Waals surface area contributed by atoms with Gasteiger partial charge in [0.25, 0.3) is 0 Å². The molecule has 0 heterocycles. The smallest absolute Gasteiger partial charge is 0.248 e. The topological polar surface area (TPSA) is 63.3 Å². The van der Waals surface area contributed by atoms with Crippen LogP contribution >= 0.6 is 0 Å².